The first kappa shape index (κ1) is 19.1. The number of thioether (sulfide) groups is 1. The molecule has 0 radical (unpaired) electrons. The smallest absolute Gasteiger partial charge is 0.305 e. The largest absolute Gasteiger partial charge is 0.508 e. The quantitative estimate of drug-likeness (QED) is 0.414. The highest BCUT2D eigenvalue weighted by atomic mass is 32.2. The monoisotopic (exact) mass is 361 g/mol. The van der Waals surface area contributed by atoms with Crippen molar-refractivity contribution in [3.8, 4) is 5.75 Å². The van der Waals surface area contributed by atoms with Crippen molar-refractivity contribution < 1.29 is 19.5 Å². The second-order valence-corrected chi connectivity index (χ2v) is 6.75. The van der Waals surface area contributed by atoms with E-state index in [1.807, 2.05) is 25.1 Å². The summed E-state index contributed by atoms with van der Waals surface area (Å²) in [6.07, 6.45) is 1.84. The number of carbonyl (C=O) groups is 1. The van der Waals surface area contributed by atoms with Crippen molar-refractivity contribution in [3.63, 3.8) is 0 Å². The van der Waals surface area contributed by atoms with Crippen molar-refractivity contribution in [1.29, 1.82) is 0 Å². The molecule has 0 fully saturated rings. The number of fused-ring (bicyclic) bond motifs is 1. The fraction of sp³-hybridized carbons (Fsp3) is 0.316. The van der Waals surface area contributed by atoms with Crippen molar-refractivity contribution in [2.75, 3.05) is 14.2 Å². The molecule has 2 aromatic rings. The lowest BCUT2D eigenvalue weighted by Crippen LogP contribution is -2.10. The van der Waals surface area contributed by atoms with Crippen LogP contribution in [0.4, 0.5) is 0 Å². The van der Waals surface area contributed by atoms with Crippen molar-refractivity contribution in [2.45, 2.75) is 31.1 Å². The Morgan fingerprint density at radius 2 is 1.84 bits per heavy atom. The molecule has 0 aromatic heterocycles. The van der Waals surface area contributed by atoms with Gasteiger partial charge in [0.1, 0.15) is 5.75 Å². The molecule has 0 aliphatic heterocycles. The lowest BCUT2D eigenvalue weighted by atomic mass is 10.1. The minimum Gasteiger partial charge on any atom is -0.508 e. The van der Waals surface area contributed by atoms with Crippen LogP contribution in [-0.4, -0.2) is 25.3 Å². The summed E-state index contributed by atoms with van der Waals surface area (Å²) < 4.78 is 4.69. The van der Waals surface area contributed by atoms with Gasteiger partial charge in [0.25, 0.3) is 0 Å². The van der Waals surface area contributed by atoms with E-state index < -0.39 is 0 Å². The molecule has 2 N–H and O–H groups in total. The number of ether oxygens (including phenoxy) is 1. The number of hydrogen-bond acceptors (Lipinski definition) is 6. The Balaban J connectivity index is 2.16. The Morgan fingerprint density at radius 3 is 2.56 bits per heavy atom. The number of benzene rings is 2. The Labute approximate surface area is 152 Å². The number of hydroxylamine groups is 1. The fourth-order valence-corrected chi connectivity index (χ4v) is 3.49. The van der Waals surface area contributed by atoms with Crippen molar-refractivity contribution >= 4 is 28.5 Å². The van der Waals surface area contributed by atoms with Gasteiger partial charge in [-0.1, -0.05) is 23.9 Å². The molecule has 0 saturated carbocycles. The molecular formula is C19H23NO4S. The number of carbonyl (C=O) groups excluding carboxylic acids is 1. The number of esters is 1. The Kier molecular flexibility index (Phi) is 7.16. The van der Waals surface area contributed by atoms with Gasteiger partial charge in [0.05, 0.1) is 14.2 Å². The third-order valence-electron chi connectivity index (χ3n) is 3.72. The molecule has 2 rings (SSSR count). The highest BCUT2D eigenvalue weighted by molar-refractivity contribution is 8.03. The van der Waals surface area contributed by atoms with E-state index in [4.69, 9.17) is 9.57 Å². The average Bonchev–Trinajstić information content (AvgIpc) is 2.60. The van der Waals surface area contributed by atoms with Crippen LogP contribution in [-0.2, 0) is 14.4 Å². The summed E-state index contributed by atoms with van der Waals surface area (Å²) in [6.45, 7) is 1.95. The minimum atomic E-state index is -0.202. The molecule has 0 unspecified atom stereocenters. The molecule has 25 heavy (non-hydrogen) atoms. The zero-order valence-electron chi connectivity index (χ0n) is 14.7. The van der Waals surface area contributed by atoms with Gasteiger partial charge in [0.15, 0.2) is 0 Å². The summed E-state index contributed by atoms with van der Waals surface area (Å²) in [4.78, 5) is 18.5. The number of allylic oxidation sites excluding steroid dienone is 2. The Bertz CT molecular complexity index is 773. The number of aromatic hydroxyl groups is 1. The molecule has 5 nitrogen and oxygen atoms in total. The van der Waals surface area contributed by atoms with Crippen molar-refractivity contribution in [3.05, 3.63) is 47.0 Å². The third-order valence-corrected chi connectivity index (χ3v) is 4.97. The standard InChI is InChI=1S/C19H23NO4S/c1-13(20-24-3)18(5-4-6-19(22)23-2)25-17-10-8-14-11-16(21)9-7-15(14)12-17/h7-12,20-21H,4-6H2,1-3H3. The maximum atomic E-state index is 11.3. The van der Waals surface area contributed by atoms with Crippen LogP contribution >= 0.6 is 11.8 Å². The molecule has 0 aliphatic rings. The molecule has 0 spiro atoms. The first-order valence-electron chi connectivity index (χ1n) is 7.99. The molecule has 2 aromatic carbocycles. The van der Waals surface area contributed by atoms with Crippen LogP contribution in [0.15, 0.2) is 51.9 Å². The zero-order chi connectivity index (χ0) is 18.2. The summed E-state index contributed by atoms with van der Waals surface area (Å²) in [7, 11) is 2.97. The third kappa shape index (κ3) is 5.69. The van der Waals surface area contributed by atoms with Crippen molar-refractivity contribution in [2.24, 2.45) is 0 Å². The maximum absolute atomic E-state index is 11.3. The number of methoxy groups -OCH3 is 1. The predicted molar refractivity (Wildman–Crippen MR) is 100 cm³/mol. The first-order valence-corrected chi connectivity index (χ1v) is 8.81. The van der Waals surface area contributed by atoms with Crippen LogP contribution in [0.1, 0.15) is 26.2 Å². The van der Waals surface area contributed by atoms with Gasteiger partial charge in [0.2, 0.25) is 0 Å². The lowest BCUT2D eigenvalue weighted by molar-refractivity contribution is -0.140. The fourth-order valence-electron chi connectivity index (χ4n) is 2.44. The topological polar surface area (TPSA) is 67.8 Å². The number of nitrogens with one attached hydrogen (secondary N) is 1. The van der Waals surface area contributed by atoms with E-state index in [0.29, 0.717) is 12.8 Å². The van der Waals surface area contributed by atoms with Gasteiger partial charge < -0.3 is 9.84 Å². The molecule has 134 valence electrons. The van der Waals surface area contributed by atoms with Crippen LogP contribution < -0.4 is 5.48 Å². The van der Waals surface area contributed by atoms with Crippen LogP contribution in [0.2, 0.25) is 0 Å². The number of rotatable bonds is 8. The lowest BCUT2D eigenvalue weighted by Gasteiger charge is -2.13. The Morgan fingerprint density at radius 1 is 1.12 bits per heavy atom. The normalized spacial score (nSPS) is 12.0. The number of phenolic OH excluding ortho intramolecular Hbond substituents is 1. The molecular weight excluding hydrogens is 338 g/mol. The van der Waals surface area contributed by atoms with Crippen LogP contribution in [0.5, 0.6) is 5.75 Å². The number of phenols is 1. The highest BCUT2D eigenvalue weighted by Crippen LogP contribution is 2.34. The SMILES string of the molecule is CONC(C)=C(CCCC(=O)OC)Sc1ccc2cc(O)ccc2c1. The van der Waals surface area contributed by atoms with Gasteiger partial charge in [-0.15, -0.1) is 0 Å². The van der Waals surface area contributed by atoms with Crippen molar-refractivity contribution in [1.82, 2.24) is 5.48 Å². The molecule has 0 amide bonds. The molecule has 0 atom stereocenters. The molecule has 6 heteroatoms. The summed E-state index contributed by atoms with van der Waals surface area (Å²) in [5.41, 5.74) is 3.79. The average molecular weight is 361 g/mol. The van der Waals surface area contributed by atoms with E-state index in [2.05, 4.69) is 11.5 Å². The minimum absolute atomic E-state index is 0.202. The highest BCUT2D eigenvalue weighted by Gasteiger charge is 2.09. The van der Waals surface area contributed by atoms with Gasteiger partial charge in [0, 0.05) is 21.9 Å². The summed E-state index contributed by atoms with van der Waals surface area (Å²) in [5, 5.41) is 11.6. The molecule has 0 heterocycles. The van der Waals surface area contributed by atoms with Crippen LogP contribution in [0, 0.1) is 0 Å². The number of hydrogen-bond donors (Lipinski definition) is 2. The van der Waals surface area contributed by atoms with E-state index in [9.17, 15) is 9.90 Å². The second-order valence-electron chi connectivity index (χ2n) is 5.58. The van der Waals surface area contributed by atoms with Gasteiger partial charge in [-0.3, -0.25) is 15.1 Å². The van der Waals surface area contributed by atoms with Gasteiger partial charge in [-0.05, 0) is 54.8 Å². The van der Waals surface area contributed by atoms with E-state index >= 15 is 0 Å². The molecule has 0 saturated heterocycles. The molecule has 0 bridgehead atoms. The van der Waals surface area contributed by atoms with E-state index in [1.54, 1.807) is 31.0 Å². The van der Waals surface area contributed by atoms with Crippen LogP contribution in [0.3, 0.4) is 0 Å². The summed E-state index contributed by atoms with van der Waals surface area (Å²) >= 11 is 1.64. The Hall–Kier alpha value is -2.18. The van der Waals surface area contributed by atoms with E-state index in [-0.39, 0.29) is 11.7 Å². The first-order chi connectivity index (χ1) is 12.0. The second kappa shape index (κ2) is 9.34. The van der Waals surface area contributed by atoms with Gasteiger partial charge in [-0.2, -0.15) is 0 Å². The van der Waals surface area contributed by atoms with Gasteiger partial charge >= 0.3 is 5.97 Å². The maximum Gasteiger partial charge on any atom is 0.305 e. The van der Waals surface area contributed by atoms with E-state index in [1.165, 1.54) is 7.11 Å². The predicted octanol–water partition coefficient (Wildman–Crippen LogP) is 4.36. The summed E-state index contributed by atoms with van der Waals surface area (Å²) in [6, 6.07) is 11.4. The summed E-state index contributed by atoms with van der Waals surface area (Å²) in [5.74, 6) is 0.0589. The molecule has 0 aliphatic carbocycles. The van der Waals surface area contributed by atoms with Crippen LogP contribution in [0.25, 0.3) is 10.8 Å². The zero-order valence-corrected chi connectivity index (χ0v) is 15.5. The van der Waals surface area contributed by atoms with Gasteiger partial charge in [-0.25, -0.2) is 0 Å². The van der Waals surface area contributed by atoms with E-state index in [0.717, 1.165) is 32.7 Å².